The van der Waals surface area contributed by atoms with Crippen LogP contribution < -0.4 is 0 Å². The summed E-state index contributed by atoms with van der Waals surface area (Å²) in [7, 11) is -2.04. The van der Waals surface area contributed by atoms with E-state index in [-0.39, 0.29) is 0 Å². The van der Waals surface area contributed by atoms with Crippen LogP contribution in [0.2, 0.25) is 0 Å². The minimum atomic E-state index is -2.04. The molecule has 1 aromatic carbocycles. The molecule has 0 N–H and O–H groups in total. The van der Waals surface area contributed by atoms with Gasteiger partial charge >= 0.3 is 0 Å². The zero-order valence-corrected chi connectivity index (χ0v) is 14.8. The van der Waals surface area contributed by atoms with E-state index in [2.05, 4.69) is 30.3 Å². The second-order valence-corrected chi connectivity index (χ2v) is 11.0. The summed E-state index contributed by atoms with van der Waals surface area (Å²) in [6.07, 6.45) is 14.9. The fourth-order valence-electron chi connectivity index (χ4n) is 4.65. The molecule has 2 aliphatic carbocycles. The average Bonchev–Trinajstić information content (AvgIpc) is 2.62. The summed E-state index contributed by atoms with van der Waals surface area (Å²) in [5.74, 6) is 0. The maximum Gasteiger partial charge on any atom is 0.0939 e. The van der Waals surface area contributed by atoms with E-state index in [0.717, 1.165) is 12.6 Å². The molecular weight excluding hydrogens is 287 g/mol. The minimum Gasteiger partial charge on any atom is -0.323 e. The largest absolute Gasteiger partial charge is 0.323 e. The van der Waals surface area contributed by atoms with Crippen molar-refractivity contribution in [2.24, 2.45) is 0 Å². The first-order chi connectivity index (χ1) is 10.8. The molecule has 0 atom stereocenters. The highest BCUT2D eigenvalue weighted by Crippen LogP contribution is 2.62. The molecule has 0 amide bonds. The quantitative estimate of drug-likeness (QED) is 0.586. The van der Waals surface area contributed by atoms with Crippen LogP contribution in [0.5, 0.6) is 0 Å². The summed E-state index contributed by atoms with van der Waals surface area (Å²) < 4.78 is 14.1. The Labute approximate surface area is 136 Å². The lowest BCUT2D eigenvalue weighted by atomic mass is 9.99. The number of hydrogen-bond donors (Lipinski definition) is 0. The lowest BCUT2D eigenvalue weighted by molar-refractivity contribution is 0.447. The summed E-state index contributed by atoms with van der Waals surface area (Å²) in [6.45, 7) is 0. The standard InChI is InChI=1S/C20H31OP/c21-22(19-12-6-2-7-13-19,20-14-8-3-9-15-20)17-16-18-10-4-1-5-11-18/h1,4-5,10-11,19-20H,2-3,6-9,12-17H2. The second-order valence-electron chi connectivity index (χ2n) is 7.40. The monoisotopic (exact) mass is 318 g/mol. The van der Waals surface area contributed by atoms with Crippen LogP contribution in [0.15, 0.2) is 30.3 Å². The first-order valence-electron chi connectivity index (χ1n) is 9.41. The highest BCUT2D eigenvalue weighted by atomic mass is 31.2. The van der Waals surface area contributed by atoms with Gasteiger partial charge in [0, 0.05) is 17.5 Å². The predicted octanol–water partition coefficient (Wildman–Crippen LogP) is 6.26. The third-order valence-corrected chi connectivity index (χ3v) is 10.4. The van der Waals surface area contributed by atoms with E-state index in [1.54, 1.807) is 0 Å². The molecule has 1 aromatic rings. The highest BCUT2D eigenvalue weighted by molar-refractivity contribution is 7.65. The van der Waals surface area contributed by atoms with E-state index in [1.807, 2.05) is 0 Å². The molecular formula is C20H31OP. The van der Waals surface area contributed by atoms with Crippen LogP contribution in [0.25, 0.3) is 0 Å². The molecule has 3 rings (SSSR count). The van der Waals surface area contributed by atoms with Crippen molar-refractivity contribution in [1.82, 2.24) is 0 Å². The number of aryl methyl sites for hydroxylation is 1. The van der Waals surface area contributed by atoms with E-state index in [4.69, 9.17) is 0 Å². The van der Waals surface area contributed by atoms with Crippen molar-refractivity contribution in [2.75, 3.05) is 6.16 Å². The van der Waals surface area contributed by atoms with Gasteiger partial charge in [0.05, 0.1) is 7.14 Å². The van der Waals surface area contributed by atoms with Gasteiger partial charge in [-0.15, -0.1) is 0 Å². The molecule has 0 heterocycles. The molecule has 0 saturated heterocycles. The molecule has 1 nitrogen and oxygen atoms in total. The van der Waals surface area contributed by atoms with Gasteiger partial charge in [0.1, 0.15) is 0 Å². The summed E-state index contributed by atoms with van der Waals surface area (Å²) >= 11 is 0. The fourth-order valence-corrected chi connectivity index (χ4v) is 9.06. The molecule has 2 aliphatic rings. The number of rotatable bonds is 5. The van der Waals surface area contributed by atoms with E-state index in [9.17, 15) is 4.57 Å². The lowest BCUT2D eigenvalue weighted by Gasteiger charge is -2.38. The highest BCUT2D eigenvalue weighted by Gasteiger charge is 2.40. The van der Waals surface area contributed by atoms with E-state index in [1.165, 1.54) is 69.8 Å². The van der Waals surface area contributed by atoms with Crippen LogP contribution in [0.4, 0.5) is 0 Å². The Morgan fingerprint density at radius 3 is 1.77 bits per heavy atom. The van der Waals surface area contributed by atoms with Crippen molar-refractivity contribution in [3.05, 3.63) is 35.9 Å². The van der Waals surface area contributed by atoms with E-state index >= 15 is 0 Å². The molecule has 0 aromatic heterocycles. The first kappa shape index (κ1) is 16.3. The van der Waals surface area contributed by atoms with Gasteiger partial charge in [0.15, 0.2) is 0 Å². The van der Waals surface area contributed by atoms with Crippen molar-refractivity contribution >= 4 is 7.14 Å². The Bertz CT molecular complexity index is 462. The van der Waals surface area contributed by atoms with Gasteiger partial charge in [-0.2, -0.15) is 0 Å². The molecule has 22 heavy (non-hydrogen) atoms. The van der Waals surface area contributed by atoms with Crippen molar-refractivity contribution in [2.45, 2.75) is 81.9 Å². The zero-order valence-electron chi connectivity index (χ0n) is 13.9. The number of benzene rings is 1. The van der Waals surface area contributed by atoms with E-state index < -0.39 is 7.14 Å². The molecule has 2 heteroatoms. The van der Waals surface area contributed by atoms with Crippen molar-refractivity contribution in [3.8, 4) is 0 Å². The predicted molar refractivity (Wildman–Crippen MR) is 96.4 cm³/mol. The van der Waals surface area contributed by atoms with Gasteiger partial charge in [-0.05, 0) is 37.7 Å². The average molecular weight is 318 g/mol. The summed E-state index contributed by atoms with van der Waals surface area (Å²) in [5, 5.41) is 0. The Balaban J connectivity index is 1.74. The van der Waals surface area contributed by atoms with Crippen molar-refractivity contribution < 1.29 is 4.57 Å². The molecule has 0 radical (unpaired) electrons. The Kier molecular flexibility index (Phi) is 5.80. The molecule has 0 unspecified atom stereocenters. The van der Waals surface area contributed by atoms with Crippen LogP contribution in [-0.2, 0) is 11.0 Å². The SMILES string of the molecule is O=P(CCc1ccccc1)(C1CCCCC1)C1CCCCC1. The van der Waals surface area contributed by atoms with Crippen LogP contribution in [0.3, 0.4) is 0 Å². The second kappa shape index (κ2) is 7.82. The summed E-state index contributed by atoms with van der Waals surface area (Å²) in [5.41, 5.74) is 2.47. The zero-order chi connectivity index (χ0) is 15.3. The normalized spacial score (nSPS) is 21.8. The maximum absolute atomic E-state index is 14.1. The van der Waals surface area contributed by atoms with Crippen molar-refractivity contribution in [3.63, 3.8) is 0 Å². The third-order valence-electron chi connectivity index (χ3n) is 5.98. The lowest BCUT2D eigenvalue weighted by Crippen LogP contribution is -2.25. The maximum atomic E-state index is 14.1. The van der Waals surface area contributed by atoms with Gasteiger partial charge < -0.3 is 4.57 Å². The minimum absolute atomic E-state index is 0.549. The molecule has 0 aliphatic heterocycles. The fraction of sp³-hybridized carbons (Fsp3) is 0.700. The topological polar surface area (TPSA) is 17.1 Å². The number of hydrogen-bond acceptors (Lipinski definition) is 1. The van der Waals surface area contributed by atoms with Crippen LogP contribution in [0, 0.1) is 0 Å². The van der Waals surface area contributed by atoms with Gasteiger partial charge in [-0.25, -0.2) is 0 Å². The van der Waals surface area contributed by atoms with Crippen LogP contribution in [-0.4, -0.2) is 17.5 Å². The summed E-state index contributed by atoms with van der Waals surface area (Å²) in [4.78, 5) is 0. The van der Waals surface area contributed by atoms with Gasteiger partial charge in [0.2, 0.25) is 0 Å². The van der Waals surface area contributed by atoms with Gasteiger partial charge in [-0.1, -0.05) is 68.9 Å². The molecule has 0 spiro atoms. The van der Waals surface area contributed by atoms with Gasteiger partial charge in [0.25, 0.3) is 0 Å². The smallest absolute Gasteiger partial charge is 0.0939 e. The molecule has 2 fully saturated rings. The molecule has 0 bridgehead atoms. The van der Waals surface area contributed by atoms with Crippen molar-refractivity contribution in [1.29, 1.82) is 0 Å². The van der Waals surface area contributed by atoms with Crippen LogP contribution in [0.1, 0.15) is 69.8 Å². The molecule has 2 saturated carbocycles. The Hall–Kier alpha value is -0.550. The third kappa shape index (κ3) is 3.85. The van der Waals surface area contributed by atoms with Crippen LogP contribution >= 0.6 is 7.14 Å². The molecule has 122 valence electrons. The van der Waals surface area contributed by atoms with E-state index in [0.29, 0.717) is 11.3 Å². The Morgan fingerprint density at radius 2 is 1.27 bits per heavy atom. The first-order valence-corrected chi connectivity index (χ1v) is 11.4. The summed E-state index contributed by atoms with van der Waals surface area (Å²) in [6, 6.07) is 10.7. The Morgan fingerprint density at radius 1 is 0.773 bits per heavy atom. The van der Waals surface area contributed by atoms with Gasteiger partial charge in [-0.3, -0.25) is 0 Å².